The summed E-state index contributed by atoms with van der Waals surface area (Å²) in [4.78, 5) is 16.8. The van der Waals surface area contributed by atoms with Crippen LogP contribution >= 0.6 is 23.2 Å². The first-order valence-corrected chi connectivity index (χ1v) is 12.3. The fraction of sp³-hybridized carbons (Fsp3) is 0.296. The molecule has 0 aliphatic rings. The van der Waals surface area contributed by atoms with E-state index in [2.05, 4.69) is 26.6 Å². The fourth-order valence-electron chi connectivity index (χ4n) is 3.75. The number of halogens is 2. The van der Waals surface area contributed by atoms with Crippen molar-refractivity contribution < 1.29 is 14.3 Å². The summed E-state index contributed by atoms with van der Waals surface area (Å²) in [5.74, 6) is 0.585. The van der Waals surface area contributed by atoms with Crippen molar-refractivity contribution >= 4 is 40.2 Å². The molecule has 7 nitrogen and oxygen atoms in total. The number of hydrogen-bond donors (Lipinski definition) is 2. The third-order valence-corrected chi connectivity index (χ3v) is 6.17. The fourth-order valence-corrected chi connectivity index (χ4v) is 4.07. The third-order valence-electron chi connectivity index (χ3n) is 5.43. The molecule has 0 spiro atoms. The summed E-state index contributed by atoms with van der Waals surface area (Å²) < 4.78 is 11.5. The number of pyridine rings is 1. The second-order valence-corrected chi connectivity index (χ2v) is 10.4. The van der Waals surface area contributed by atoms with Gasteiger partial charge in [-0.2, -0.15) is 5.10 Å². The van der Waals surface area contributed by atoms with Crippen molar-refractivity contribution in [3.05, 3.63) is 76.2 Å². The molecule has 188 valence electrons. The summed E-state index contributed by atoms with van der Waals surface area (Å²) in [5, 5.41) is 12.2. The van der Waals surface area contributed by atoms with E-state index in [0.29, 0.717) is 22.2 Å². The van der Waals surface area contributed by atoms with Crippen molar-refractivity contribution in [3.8, 4) is 16.9 Å². The molecule has 1 atom stereocenters. The number of nitrogens with zero attached hydrogens (tertiary/aromatic N) is 2. The lowest BCUT2D eigenvalue weighted by Crippen LogP contribution is -2.43. The molecule has 9 heteroatoms. The molecule has 0 fully saturated rings. The second kappa shape index (κ2) is 10.8. The highest BCUT2D eigenvalue weighted by Gasteiger charge is 2.21. The van der Waals surface area contributed by atoms with E-state index < -0.39 is 11.7 Å². The number of aryl methyl sites for hydroxylation is 1. The van der Waals surface area contributed by atoms with Crippen molar-refractivity contribution in [2.45, 2.75) is 45.8 Å². The van der Waals surface area contributed by atoms with E-state index in [1.54, 1.807) is 24.5 Å². The number of H-pyrrole nitrogens is 1. The average Bonchev–Trinajstić information content (AvgIpc) is 3.19. The molecular weight excluding hydrogens is 499 g/mol. The van der Waals surface area contributed by atoms with Crippen molar-refractivity contribution in [2.75, 3.05) is 6.61 Å². The summed E-state index contributed by atoms with van der Waals surface area (Å²) in [7, 11) is 0. The Kier molecular flexibility index (Phi) is 7.71. The first kappa shape index (κ1) is 25.8. The molecule has 2 heterocycles. The summed E-state index contributed by atoms with van der Waals surface area (Å²) >= 11 is 12.2. The normalized spacial score (nSPS) is 12.4. The van der Waals surface area contributed by atoms with Gasteiger partial charge in [-0.25, -0.2) is 4.79 Å². The monoisotopic (exact) mass is 526 g/mol. The standard InChI is InChI=1S/C27H28Cl2N4O3/c1-16-22-12-18(6-8-25(22)33-32-16)19-11-21(14-30-13-19)35-15-20(31-26(34)36-27(2,3)4)9-17-5-7-23(28)24(29)10-17/h5-8,10-14,20H,9,15H2,1-4H3,(H,31,34)(H,32,33)/t20-/m0/s1. The Morgan fingerprint density at radius 1 is 1.06 bits per heavy atom. The van der Waals surface area contributed by atoms with E-state index in [9.17, 15) is 4.79 Å². The summed E-state index contributed by atoms with van der Waals surface area (Å²) in [6.45, 7) is 7.64. The molecule has 0 saturated carbocycles. The third kappa shape index (κ3) is 6.68. The number of alkyl carbamates (subject to hydrolysis) is 1. The first-order chi connectivity index (χ1) is 17.1. The lowest BCUT2D eigenvalue weighted by Gasteiger charge is -2.24. The maximum Gasteiger partial charge on any atom is 0.408 e. The Morgan fingerprint density at radius 3 is 2.61 bits per heavy atom. The van der Waals surface area contributed by atoms with Crippen LogP contribution in [0.5, 0.6) is 5.75 Å². The van der Waals surface area contributed by atoms with E-state index in [1.165, 1.54) is 0 Å². The smallest absolute Gasteiger partial charge is 0.408 e. The number of carbonyl (C=O) groups excluding carboxylic acids is 1. The molecule has 1 amide bonds. The zero-order chi connectivity index (χ0) is 25.9. The number of hydrogen-bond acceptors (Lipinski definition) is 5. The van der Waals surface area contributed by atoms with E-state index in [1.807, 2.05) is 52.0 Å². The minimum absolute atomic E-state index is 0.199. The molecule has 36 heavy (non-hydrogen) atoms. The molecule has 4 rings (SSSR count). The van der Waals surface area contributed by atoms with Gasteiger partial charge in [0, 0.05) is 22.8 Å². The van der Waals surface area contributed by atoms with Crippen LogP contribution in [0.25, 0.3) is 22.0 Å². The highest BCUT2D eigenvalue weighted by Crippen LogP contribution is 2.27. The van der Waals surface area contributed by atoms with Gasteiger partial charge in [0.05, 0.1) is 27.8 Å². The van der Waals surface area contributed by atoms with Crippen LogP contribution in [0.1, 0.15) is 32.0 Å². The highest BCUT2D eigenvalue weighted by molar-refractivity contribution is 6.42. The Hall–Kier alpha value is -3.29. The molecule has 0 bridgehead atoms. The quantitative estimate of drug-likeness (QED) is 0.277. The van der Waals surface area contributed by atoms with Crippen LogP contribution in [0.15, 0.2) is 54.9 Å². The number of fused-ring (bicyclic) bond motifs is 1. The number of amides is 1. The zero-order valence-corrected chi connectivity index (χ0v) is 22.1. The Labute approximate surface area is 220 Å². The van der Waals surface area contributed by atoms with Crippen molar-refractivity contribution in [1.29, 1.82) is 0 Å². The van der Waals surface area contributed by atoms with E-state index >= 15 is 0 Å². The number of nitrogens with one attached hydrogen (secondary N) is 2. The number of carbonyl (C=O) groups is 1. The Bertz CT molecular complexity index is 1380. The predicted octanol–water partition coefficient (Wildman–Crippen LogP) is 6.75. The van der Waals surface area contributed by atoms with Crippen LogP contribution < -0.4 is 10.1 Å². The Morgan fingerprint density at radius 2 is 1.86 bits per heavy atom. The zero-order valence-electron chi connectivity index (χ0n) is 20.6. The van der Waals surface area contributed by atoms with Gasteiger partial charge in [-0.3, -0.25) is 10.1 Å². The van der Waals surface area contributed by atoms with Crippen LogP contribution in [0.3, 0.4) is 0 Å². The number of aromatic amines is 1. The molecule has 0 saturated heterocycles. The lowest BCUT2D eigenvalue weighted by molar-refractivity contribution is 0.0487. The van der Waals surface area contributed by atoms with Gasteiger partial charge in [-0.05, 0) is 75.6 Å². The van der Waals surface area contributed by atoms with Crippen LogP contribution in [0, 0.1) is 6.92 Å². The topological polar surface area (TPSA) is 89.1 Å². The molecule has 2 aromatic carbocycles. The van der Waals surface area contributed by atoms with Gasteiger partial charge < -0.3 is 14.8 Å². The molecular formula is C27H28Cl2N4O3. The second-order valence-electron chi connectivity index (χ2n) is 9.60. The van der Waals surface area contributed by atoms with Gasteiger partial charge in [0.2, 0.25) is 0 Å². The summed E-state index contributed by atoms with van der Waals surface area (Å²) in [6, 6.07) is 13.0. The SMILES string of the molecule is Cc1[nH]nc2ccc(-c3cncc(OC[C@H](Cc4ccc(Cl)c(Cl)c4)NC(=O)OC(C)(C)C)c3)cc12. The van der Waals surface area contributed by atoms with Crippen molar-refractivity contribution in [1.82, 2.24) is 20.5 Å². The van der Waals surface area contributed by atoms with Crippen molar-refractivity contribution in [3.63, 3.8) is 0 Å². The van der Waals surface area contributed by atoms with Gasteiger partial charge >= 0.3 is 6.09 Å². The van der Waals surface area contributed by atoms with E-state index in [4.69, 9.17) is 32.7 Å². The van der Waals surface area contributed by atoms with Crippen LogP contribution in [0.4, 0.5) is 4.79 Å². The molecule has 0 aliphatic heterocycles. The van der Waals surface area contributed by atoms with Gasteiger partial charge in [0.25, 0.3) is 0 Å². The minimum atomic E-state index is -0.619. The average molecular weight is 527 g/mol. The number of benzene rings is 2. The van der Waals surface area contributed by atoms with Gasteiger partial charge in [-0.15, -0.1) is 0 Å². The van der Waals surface area contributed by atoms with Crippen molar-refractivity contribution in [2.24, 2.45) is 0 Å². The number of ether oxygens (including phenoxy) is 2. The van der Waals surface area contributed by atoms with Gasteiger partial charge in [0.1, 0.15) is 18.0 Å². The van der Waals surface area contributed by atoms with Crippen LogP contribution in [-0.4, -0.2) is 39.5 Å². The molecule has 0 aliphatic carbocycles. The predicted molar refractivity (Wildman–Crippen MR) is 143 cm³/mol. The molecule has 0 radical (unpaired) electrons. The molecule has 2 aromatic heterocycles. The summed E-state index contributed by atoms with van der Waals surface area (Å²) in [6.07, 6.45) is 3.39. The minimum Gasteiger partial charge on any atom is -0.490 e. The van der Waals surface area contributed by atoms with Crippen LogP contribution in [-0.2, 0) is 11.2 Å². The Balaban J connectivity index is 1.50. The maximum absolute atomic E-state index is 12.5. The first-order valence-electron chi connectivity index (χ1n) is 11.5. The molecule has 0 unspecified atom stereocenters. The molecule has 4 aromatic rings. The highest BCUT2D eigenvalue weighted by atomic mass is 35.5. The number of aromatic nitrogens is 3. The van der Waals surface area contributed by atoms with E-state index in [0.717, 1.165) is 33.3 Å². The van der Waals surface area contributed by atoms with Crippen LogP contribution in [0.2, 0.25) is 10.0 Å². The van der Waals surface area contributed by atoms with E-state index in [-0.39, 0.29) is 12.6 Å². The lowest BCUT2D eigenvalue weighted by atomic mass is 10.0. The summed E-state index contributed by atoms with van der Waals surface area (Å²) in [5.41, 5.74) is 4.12. The molecule has 2 N–H and O–H groups in total. The van der Waals surface area contributed by atoms with Gasteiger partial charge in [0.15, 0.2) is 0 Å². The largest absolute Gasteiger partial charge is 0.490 e. The van der Waals surface area contributed by atoms with Gasteiger partial charge in [-0.1, -0.05) is 35.3 Å². The maximum atomic E-state index is 12.5. The number of rotatable bonds is 7.